The predicted molar refractivity (Wildman–Crippen MR) is 116 cm³/mol. The minimum atomic E-state index is -0.133. The Hall–Kier alpha value is -3.12. The molecule has 3 aromatic rings. The molecule has 1 heterocycles. The molecular weight excluding hydrogens is 370 g/mol. The highest BCUT2D eigenvalue weighted by Crippen LogP contribution is 2.20. The first kappa shape index (κ1) is 19.6. The maximum Gasteiger partial charge on any atom is 0.262 e. The van der Waals surface area contributed by atoms with Crippen LogP contribution >= 0.6 is 11.8 Å². The molecule has 2 aromatic carbocycles. The number of aromatic nitrogens is 2. The quantitative estimate of drug-likeness (QED) is 0.332. The van der Waals surface area contributed by atoms with E-state index < -0.39 is 0 Å². The van der Waals surface area contributed by atoms with E-state index in [2.05, 4.69) is 18.1 Å². The zero-order valence-corrected chi connectivity index (χ0v) is 16.3. The number of rotatable bonds is 8. The van der Waals surface area contributed by atoms with Crippen molar-refractivity contribution in [2.45, 2.75) is 11.7 Å². The van der Waals surface area contributed by atoms with E-state index in [4.69, 9.17) is 0 Å². The zero-order chi connectivity index (χ0) is 19.9. The molecule has 0 radical (unpaired) electrons. The Morgan fingerprint density at radius 2 is 1.79 bits per heavy atom. The molecular formula is C22H21N3O2S. The van der Waals surface area contributed by atoms with Crippen LogP contribution in [0.5, 0.6) is 0 Å². The first-order chi connectivity index (χ1) is 13.7. The molecule has 0 unspecified atom stereocenters. The summed E-state index contributed by atoms with van der Waals surface area (Å²) in [5.41, 5.74) is 1.29. The van der Waals surface area contributed by atoms with Gasteiger partial charge in [0.2, 0.25) is 5.91 Å². The van der Waals surface area contributed by atoms with E-state index in [1.165, 1.54) is 11.8 Å². The molecule has 6 heteroatoms. The summed E-state index contributed by atoms with van der Waals surface area (Å²) in [4.78, 5) is 31.9. The van der Waals surface area contributed by atoms with Crippen molar-refractivity contribution in [2.24, 2.45) is 0 Å². The van der Waals surface area contributed by atoms with Crippen molar-refractivity contribution in [2.75, 3.05) is 17.2 Å². The third kappa shape index (κ3) is 4.23. The van der Waals surface area contributed by atoms with Crippen LogP contribution in [0.25, 0.3) is 10.9 Å². The summed E-state index contributed by atoms with van der Waals surface area (Å²) in [5, 5.41) is 1.06. The fourth-order valence-corrected chi connectivity index (χ4v) is 3.72. The first-order valence-corrected chi connectivity index (χ1v) is 9.84. The van der Waals surface area contributed by atoms with Gasteiger partial charge in [-0.05, 0) is 24.3 Å². The topological polar surface area (TPSA) is 55.2 Å². The van der Waals surface area contributed by atoms with Crippen LogP contribution in [0.1, 0.15) is 0 Å². The summed E-state index contributed by atoms with van der Waals surface area (Å²) < 4.78 is 1.55. The molecule has 0 aliphatic carbocycles. The lowest BCUT2D eigenvalue weighted by molar-refractivity contribution is -0.116. The Morgan fingerprint density at radius 3 is 2.50 bits per heavy atom. The van der Waals surface area contributed by atoms with E-state index in [1.807, 2.05) is 42.5 Å². The molecule has 0 spiro atoms. The molecule has 0 saturated carbocycles. The van der Waals surface area contributed by atoms with Gasteiger partial charge in [0.25, 0.3) is 5.56 Å². The van der Waals surface area contributed by atoms with Crippen molar-refractivity contribution >= 4 is 34.3 Å². The molecule has 1 aromatic heterocycles. The number of hydrogen-bond donors (Lipinski definition) is 0. The second-order valence-corrected chi connectivity index (χ2v) is 6.98. The Kier molecular flexibility index (Phi) is 6.45. The third-order valence-corrected chi connectivity index (χ3v) is 5.10. The van der Waals surface area contributed by atoms with E-state index in [0.717, 1.165) is 5.69 Å². The van der Waals surface area contributed by atoms with Gasteiger partial charge in [-0.15, -0.1) is 13.2 Å². The number of allylic oxidation sites excluding steroid dienone is 1. The summed E-state index contributed by atoms with van der Waals surface area (Å²) in [6.07, 6.45) is 3.34. The number of para-hydroxylation sites is 2. The van der Waals surface area contributed by atoms with Crippen LogP contribution in [0.4, 0.5) is 5.69 Å². The summed E-state index contributed by atoms with van der Waals surface area (Å²) in [6, 6.07) is 16.7. The number of carbonyl (C=O) groups excluding carboxylic acids is 1. The Bertz CT molecular complexity index is 1060. The number of amides is 1. The molecule has 1 amide bonds. The van der Waals surface area contributed by atoms with Gasteiger partial charge in [-0.2, -0.15) is 0 Å². The molecule has 0 aliphatic rings. The number of carbonyl (C=O) groups is 1. The lowest BCUT2D eigenvalue weighted by Gasteiger charge is -2.21. The minimum absolute atomic E-state index is 0.0799. The van der Waals surface area contributed by atoms with Crippen LogP contribution in [-0.4, -0.2) is 27.8 Å². The van der Waals surface area contributed by atoms with Crippen molar-refractivity contribution in [3.8, 4) is 0 Å². The van der Waals surface area contributed by atoms with Gasteiger partial charge in [0, 0.05) is 18.8 Å². The lowest BCUT2D eigenvalue weighted by Crippen LogP contribution is -2.33. The molecule has 28 heavy (non-hydrogen) atoms. The highest BCUT2D eigenvalue weighted by molar-refractivity contribution is 7.99. The smallest absolute Gasteiger partial charge is 0.262 e. The fourth-order valence-electron chi connectivity index (χ4n) is 2.84. The monoisotopic (exact) mass is 391 g/mol. The number of nitrogens with zero attached hydrogens (tertiary/aromatic N) is 3. The van der Waals surface area contributed by atoms with Gasteiger partial charge in [0.15, 0.2) is 5.16 Å². The van der Waals surface area contributed by atoms with Gasteiger partial charge in [0.1, 0.15) is 0 Å². The fraction of sp³-hybridized carbons (Fsp3) is 0.136. The van der Waals surface area contributed by atoms with Gasteiger partial charge >= 0.3 is 0 Å². The van der Waals surface area contributed by atoms with Crippen LogP contribution in [0.15, 0.2) is 89.9 Å². The van der Waals surface area contributed by atoms with Gasteiger partial charge in [-0.1, -0.05) is 54.2 Å². The average Bonchev–Trinajstić information content (AvgIpc) is 2.73. The molecule has 3 rings (SSSR count). The zero-order valence-electron chi connectivity index (χ0n) is 15.5. The number of hydrogen-bond acceptors (Lipinski definition) is 4. The molecule has 0 N–H and O–H groups in total. The van der Waals surface area contributed by atoms with Crippen LogP contribution < -0.4 is 10.5 Å². The van der Waals surface area contributed by atoms with Crippen LogP contribution in [0.3, 0.4) is 0 Å². The van der Waals surface area contributed by atoms with Crippen molar-refractivity contribution < 1.29 is 4.79 Å². The highest BCUT2D eigenvalue weighted by atomic mass is 32.2. The van der Waals surface area contributed by atoms with Gasteiger partial charge < -0.3 is 4.90 Å². The second-order valence-electron chi connectivity index (χ2n) is 6.03. The summed E-state index contributed by atoms with van der Waals surface area (Å²) in [6.45, 7) is 8.21. The molecule has 0 atom stereocenters. The molecule has 0 fully saturated rings. The third-order valence-electron chi connectivity index (χ3n) is 4.14. The van der Waals surface area contributed by atoms with Gasteiger partial charge in [-0.25, -0.2) is 4.98 Å². The van der Waals surface area contributed by atoms with Crippen LogP contribution in [-0.2, 0) is 11.3 Å². The van der Waals surface area contributed by atoms with Crippen molar-refractivity contribution in [1.82, 2.24) is 9.55 Å². The molecule has 5 nitrogen and oxygen atoms in total. The number of thioether (sulfide) groups is 1. The van der Waals surface area contributed by atoms with E-state index in [0.29, 0.717) is 29.1 Å². The minimum Gasteiger partial charge on any atom is -0.308 e. The Morgan fingerprint density at radius 1 is 1.07 bits per heavy atom. The van der Waals surface area contributed by atoms with Crippen molar-refractivity contribution in [1.29, 1.82) is 0 Å². The number of fused-ring (bicyclic) bond motifs is 1. The van der Waals surface area contributed by atoms with Crippen molar-refractivity contribution in [3.05, 3.63) is 90.3 Å². The van der Waals surface area contributed by atoms with Gasteiger partial charge in [0.05, 0.1) is 16.7 Å². The van der Waals surface area contributed by atoms with Crippen LogP contribution in [0.2, 0.25) is 0 Å². The predicted octanol–water partition coefficient (Wildman–Crippen LogP) is 3.89. The summed E-state index contributed by atoms with van der Waals surface area (Å²) >= 11 is 1.25. The Labute approximate surface area is 168 Å². The lowest BCUT2D eigenvalue weighted by atomic mass is 10.2. The maximum atomic E-state index is 12.8. The van der Waals surface area contributed by atoms with Crippen LogP contribution in [0, 0.1) is 0 Å². The number of benzene rings is 2. The van der Waals surface area contributed by atoms with E-state index in [1.54, 1.807) is 33.8 Å². The first-order valence-electron chi connectivity index (χ1n) is 8.85. The summed E-state index contributed by atoms with van der Waals surface area (Å²) in [7, 11) is 0. The summed E-state index contributed by atoms with van der Waals surface area (Å²) in [5.74, 6) is 0.0775. The molecule has 0 bridgehead atoms. The van der Waals surface area contributed by atoms with Crippen molar-refractivity contribution in [3.63, 3.8) is 0 Å². The second kappa shape index (κ2) is 9.19. The SMILES string of the molecule is C=CCN(C(=O)CSc1nc2ccccc2c(=O)n1CC=C)c1ccccc1. The van der Waals surface area contributed by atoms with Gasteiger partial charge in [-0.3, -0.25) is 14.2 Å². The van der Waals surface area contributed by atoms with E-state index >= 15 is 0 Å². The van der Waals surface area contributed by atoms with E-state index in [9.17, 15) is 9.59 Å². The number of anilines is 1. The standard InChI is InChI=1S/C22H21N3O2S/c1-3-14-24(17-10-6-5-7-11-17)20(26)16-28-22-23-19-13-9-8-12-18(19)21(27)25(22)15-4-2/h3-13H,1-2,14-16H2. The highest BCUT2D eigenvalue weighted by Gasteiger charge is 2.17. The molecule has 142 valence electrons. The normalized spacial score (nSPS) is 10.6. The van der Waals surface area contributed by atoms with E-state index in [-0.39, 0.29) is 17.2 Å². The maximum absolute atomic E-state index is 12.8. The largest absolute Gasteiger partial charge is 0.308 e. The molecule has 0 saturated heterocycles. The average molecular weight is 391 g/mol. The molecule has 0 aliphatic heterocycles. The Balaban J connectivity index is 1.88.